The maximum atomic E-state index is 14.0. The molecule has 0 atom stereocenters. The zero-order valence-corrected chi connectivity index (χ0v) is 14.1. The number of anilines is 1. The topological polar surface area (TPSA) is 51.2 Å². The third kappa shape index (κ3) is 4.50. The van der Waals surface area contributed by atoms with E-state index in [1.807, 2.05) is 6.07 Å². The average molecular weight is 373 g/mol. The second kappa shape index (κ2) is 6.11. The summed E-state index contributed by atoms with van der Waals surface area (Å²) in [6.07, 6.45) is -0.656. The van der Waals surface area contributed by atoms with E-state index < -0.39 is 16.8 Å². The van der Waals surface area contributed by atoms with Crippen molar-refractivity contribution in [3.63, 3.8) is 0 Å². The van der Waals surface area contributed by atoms with E-state index in [1.54, 1.807) is 39.0 Å². The summed E-state index contributed by atoms with van der Waals surface area (Å²) in [7, 11) is 0. The molecule has 2 rings (SSSR count). The van der Waals surface area contributed by atoms with Crippen molar-refractivity contribution in [1.82, 2.24) is 4.98 Å². The molecule has 1 aromatic carbocycles. The predicted octanol–water partition coefficient (Wildman–Crippen LogP) is 5.06. The Morgan fingerprint density at radius 3 is 2.76 bits per heavy atom. The van der Waals surface area contributed by atoms with E-state index in [2.05, 4.69) is 26.2 Å². The first kappa shape index (κ1) is 15.9. The number of hydrogen-bond donors (Lipinski definition) is 1. The second-order valence-electron chi connectivity index (χ2n) is 5.28. The monoisotopic (exact) mass is 372 g/mol. The van der Waals surface area contributed by atoms with Crippen LogP contribution in [0.2, 0.25) is 0 Å². The molecule has 4 nitrogen and oxygen atoms in total. The van der Waals surface area contributed by atoms with Crippen LogP contribution in [-0.4, -0.2) is 16.7 Å². The average Bonchev–Trinajstić information content (AvgIpc) is 2.67. The van der Waals surface area contributed by atoms with Gasteiger partial charge in [0.1, 0.15) is 11.3 Å². The molecule has 0 bridgehead atoms. The molecule has 0 aliphatic heterocycles. The van der Waals surface area contributed by atoms with Gasteiger partial charge >= 0.3 is 6.09 Å². The molecule has 7 heteroatoms. The molecule has 0 saturated carbocycles. The van der Waals surface area contributed by atoms with Gasteiger partial charge in [-0.3, -0.25) is 5.32 Å². The molecular formula is C14H14BrFN2O2S. The Labute approximate surface area is 134 Å². The van der Waals surface area contributed by atoms with Gasteiger partial charge in [0, 0.05) is 10.0 Å². The standard InChI is InChI=1S/C14H14BrFN2O2S/c1-14(2,3)20-13(19)18-12-17-10(11(16)21-12)8-5-4-6-9(15)7-8/h4-7H,1-3H3,(H,17,18,19). The van der Waals surface area contributed by atoms with Crippen LogP contribution in [0.4, 0.5) is 14.3 Å². The van der Waals surface area contributed by atoms with Crippen LogP contribution in [0.1, 0.15) is 20.8 Å². The lowest BCUT2D eigenvalue weighted by Gasteiger charge is -2.18. The number of rotatable bonds is 2. The molecule has 0 radical (unpaired) electrons. The van der Waals surface area contributed by atoms with Crippen molar-refractivity contribution in [2.75, 3.05) is 5.32 Å². The summed E-state index contributed by atoms with van der Waals surface area (Å²) in [5.41, 5.74) is 0.218. The van der Waals surface area contributed by atoms with Gasteiger partial charge in [-0.25, -0.2) is 9.78 Å². The highest BCUT2D eigenvalue weighted by Gasteiger charge is 2.19. The van der Waals surface area contributed by atoms with E-state index in [9.17, 15) is 9.18 Å². The number of amides is 1. The first-order valence-corrected chi connectivity index (χ1v) is 7.78. The largest absolute Gasteiger partial charge is 0.444 e. The second-order valence-corrected chi connectivity index (χ2v) is 7.14. The van der Waals surface area contributed by atoms with E-state index >= 15 is 0 Å². The van der Waals surface area contributed by atoms with Gasteiger partial charge in [-0.15, -0.1) is 0 Å². The predicted molar refractivity (Wildman–Crippen MR) is 85.1 cm³/mol. The Balaban J connectivity index is 2.18. The van der Waals surface area contributed by atoms with Gasteiger partial charge in [-0.2, -0.15) is 4.39 Å². The molecule has 2 aromatic rings. The molecule has 1 heterocycles. The smallest absolute Gasteiger partial charge is 0.413 e. The fraction of sp³-hybridized carbons (Fsp3) is 0.286. The number of halogens is 2. The molecule has 0 spiro atoms. The van der Waals surface area contributed by atoms with Crippen LogP contribution < -0.4 is 5.32 Å². The van der Waals surface area contributed by atoms with Gasteiger partial charge < -0.3 is 4.74 Å². The van der Waals surface area contributed by atoms with Crippen LogP contribution in [0.15, 0.2) is 28.7 Å². The first-order valence-electron chi connectivity index (χ1n) is 6.17. The van der Waals surface area contributed by atoms with Crippen LogP contribution >= 0.6 is 27.3 Å². The normalized spacial score (nSPS) is 11.3. The van der Waals surface area contributed by atoms with Crippen LogP contribution in [0.3, 0.4) is 0 Å². The van der Waals surface area contributed by atoms with Crippen molar-refractivity contribution in [2.24, 2.45) is 0 Å². The number of carbonyl (C=O) groups is 1. The number of hydrogen-bond acceptors (Lipinski definition) is 4. The van der Waals surface area contributed by atoms with Crippen molar-refractivity contribution in [3.8, 4) is 11.3 Å². The molecular weight excluding hydrogens is 359 g/mol. The van der Waals surface area contributed by atoms with Gasteiger partial charge in [-0.05, 0) is 32.9 Å². The quantitative estimate of drug-likeness (QED) is 0.801. The fourth-order valence-corrected chi connectivity index (χ4v) is 2.66. The molecule has 0 unspecified atom stereocenters. The molecule has 0 saturated heterocycles. The highest BCUT2D eigenvalue weighted by Crippen LogP contribution is 2.31. The highest BCUT2D eigenvalue weighted by atomic mass is 79.9. The third-order valence-electron chi connectivity index (χ3n) is 2.29. The number of benzene rings is 1. The summed E-state index contributed by atoms with van der Waals surface area (Å²) >= 11 is 4.09. The molecule has 0 aliphatic rings. The number of nitrogens with one attached hydrogen (secondary N) is 1. The van der Waals surface area contributed by atoms with Gasteiger partial charge in [0.15, 0.2) is 5.13 Å². The van der Waals surface area contributed by atoms with Crippen LogP contribution in [0.5, 0.6) is 0 Å². The summed E-state index contributed by atoms with van der Waals surface area (Å²) in [6, 6.07) is 7.14. The number of aromatic nitrogens is 1. The van der Waals surface area contributed by atoms with Crippen LogP contribution in [0.25, 0.3) is 11.3 Å². The third-order valence-corrected chi connectivity index (χ3v) is 3.54. The fourth-order valence-electron chi connectivity index (χ4n) is 1.56. The summed E-state index contributed by atoms with van der Waals surface area (Å²) in [5.74, 6) is 0. The first-order chi connectivity index (χ1) is 9.74. The lowest BCUT2D eigenvalue weighted by molar-refractivity contribution is 0.0636. The Hall–Kier alpha value is -1.47. The summed E-state index contributed by atoms with van der Waals surface area (Å²) in [4.78, 5) is 15.7. The maximum absolute atomic E-state index is 14.0. The van der Waals surface area contributed by atoms with E-state index in [1.165, 1.54) is 0 Å². The molecule has 21 heavy (non-hydrogen) atoms. The van der Waals surface area contributed by atoms with Gasteiger partial charge in [0.05, 0.1) is 0 Å². The summed E-state index contributed by atoms with van der Waals surface area (Å²) in [5, 5.41) is 2.14. The SMILES string of the molecule is CC(C)(C)OC(=O)Nc1nc(-c2cccc(Br)c2)c(F)s1. The lowest BCUT2D eigenvalue weighted by Crippen LogP contribution is -2.27. The van der Waals surface area contributed by atoms with Crippen molar-refractivity contribution < 1.29 is 13.9 Å². The molecule has 0 fully saturated rings. The molecule has 1 aromatic heterocycles. The van der Waals surface area contributed by atoms with E-state index in [4.69, 9.17) is 4.74 Å². The Morgan fingerprint density at radius 1 is 1.43 bits per heavy atom. The van der Waals surface area contributed by atoms with Crippen LogP contribution in [-0.2, 0) is 4.74 Å². The van der Waals surface area contributed by atoms with Gasteiger partial charge in [0.25, 0.3) is 0 Å². The molecule has 0 aliphatic carbocycles. The zero-order valence-electron chi connectivity index (χ0n) is 11.7. The van der Waals surface area contributed by atoms with Crippen molar-refractivity contribution in [2.45, 2.75) is 26.4 Å². The highest BCUT2D eigenvalue weighted by molar-refractivity contribution is 9.10. The minimum atomic E-state index is -0.656. The number of nitrogens with zero attached hydrogens (tertiary/aromatic N) is 1. The van der Waals surface area contributed by atoms with Gasteiger partial charge in [0.2, 0.25) is 5.13 Å². The zero-order chi connectivity index (χ0) is 15.6. The minimum absolute atomic E-state index is 0.164. The van der Waals surface area contributed by atoms with E-state index in [0.29, 0.717) is 5.56 Å². The van der Waals surface area contributed by atoms with Crippen molar-refractivity contribution in [1.29, 1.82) is 0 Å². The summed E-state index contributed by atoms with van der Waals surface area (Å²) in [6.45, 7) is 5.26. The van der Waals surface area contributed by atoms with Crippen LogP contribution in [0, 0.1) is 5.13 Å². The number of thiazole rings is 1. The minimum Gasteiger partial charge on any atom is -0.444 e. The van der Waals surface area contributed by atoms with Crippen molar-refractivity contribution >= 4 is 38.5 Å². The number of ether oxygens (including phenoxy) is 1. The summed E-state index contributed by atoms with van der Waals surface area (Å²) < 4.78 is 19.9. The Kier molecular flexibility index (Phi) is 4.63. The molecule has 1 N–H and O–H groups in total. The Morgan fingerprint density at radius 2 is 2.14 bits per heavy atom. The van der Waals surface area contributed by atoms with E-state index in [0.717, 1.165) is 15.8 Å². The van der Waals surface area contributed by atoms with E-state index in [-0.39, 0.29) is 10.8 Å². The lowest BCUT2D eigenvalue weighted by atomic mass is 10.2. The number of carbonyl (C=O) groups excluding carboxylic acids is 1. The molecule has 1 amide bonds. The maximum Gasteiger partial charge on any atom is 0.413 e. The Bertz CT molecular complexity index is 667. The van der Waals surface area contributed by atoms with Gasteiger partial charge in [-0.1, -0.05) is 39.4 Å². The molecule has 112 valence electrons. The van der Waals surface area contributed by atoms with Crippen molar-refractivity contribution in [3.05, 3.63) is 33.9 Å².